The smallest absolute Gasteiger partial charge is 0.246 e. The van der Waals surface area contributed by atoms with E-state index in [-0.39, 0.29) is 36.9 Å². The molecule has 3 amide bonds. The molecule has 1 aliphatic carbocycles. The number of hydrogen-bond acceptors (Lipinski definition) is 7. The third-order valence-electron chi connectivity index (χ3n) is 9.18. The summed E-state index contributed by atoms with van der Waals surface area (Å²) in [5.74, 6) is -1.14. The Morgan fingerprint density at radius 3 is 2.67 bits per heavy atom. The van der Waals surface area contributed by atoms with Crippen molar-refractivity contribution in [1.82, 2.24) is 10.2 Å². The van der Waals surface area contributed by atoms with Gasteiger partial charge in [0.2, 0.25) is 17.7 Å². The van der Waals surface area contributed by atoms with Gasteiger partial charge >= 0.3 is 0 Å². The van der Waals surface area contributed by atoms with Crippen molar-refractivity contribution in [3.63, 3.8) is 0 Å². The standard InChI is InChI=1S/C32H35N3O6S/c1-42-22-11-7-10-20(16-22)34-29(36)26-25-14-15-32(41-25)27(26)31(38)35(28(32)30(37)33-19-8-3-2-4-9-19)17-21-18-39-23-12-5-6-13-24(23)40-21/h5-7,10-16,19,21,25-28H,2-4,8-9,17-18H2,1H3,(H,33,37)(H,34,36)/t21-,25+,26-,27+,28+,32+/m0/s1. The molecule has 6 atom stereocenters. The average Bonchev–Trinajstić information content (AvgIpc) is 3.65. The first kappa shape index (κ1) is 27.3. The van der Waals surface area contributed by atoms with Crippen molar-refractivity contribution in [2.75, 3.05) is 24.7 Å². The number of rotatable bonds is 7. The zero-order valence-electron chi connectivity index (χ0n) is 23.5. The van der Waals surface area contributed by atoms with E-state index in [9.17, 15) is 14.4 Å². The second kappa shape index (κ2) is 11.0. The van der Waals surface area contributed by atoms with Crippen LogP contribution in [0.5, 0.6) is 11.5 Å². The van der Waals surface area contributed by atoms with Crippen LogP contribution in [-0.2, 0) is 19.1 Å². The lowest BCUT2D eigenvalue weighted by Gasteiger charge is -2.36. The minimum Gasteiger partial charge on any atom is -0.486 e. The number of benzene rings is 2. The highest BCUT2D eigenvalue weighted by molar-refractivity contribution is 7.98. The van der Waals surface area contributed by atoms with Gasteiger partial charge in [-0.2, -0.15) is 0 Å². The number of thioether (sulfide) groups is 1. The lowest BCUT2D eigenvalue weighted by molar-refractivity contribution is -0.143. The van der Waals surface area contributed by atoms with E-state index in [1.807, 2.05) is 66.9 Å². The summed E-state index contributed by atoms with van der Waals surface area (Å²) in [4.78, 5) is 44.8. The van der Waals surface area contributed by atoms with Gasteiger partial charge in [-0.15, -0.1) is 11.8 Å². The Kier molecular flexibility index (Phi) is 7.14. The number of hydrogen-bond donors (Lipinski definition) is 2. The molecule has 5 aliphatic rings. The Labute approximate surface area is 249 Å². The zero-order valence-corrected chi connectivity index (χ0v) is 24.3. The van der Waals surface area contributed by atoms with Gasteiger partial charge in [0.15, 0.2) is 17.6 Å². The summed E-state index contributed by atoms with van der Waals surface area (Å²) < 4.78 is 18.6. The number of carbonyl (C=O) groups is 3. The monoisotopic (exact) mass is 589 g/mol. The Bertz CT molecular complexity index is 1430. The normalized spacial score (nSPS) is 31.2. The summed E-state index contributed by atoms with van der Waals surface area (Å²) in [7, 11) is 0. The van der Waals surface area contributed by atoms with Crippen LogP contribution in [0.3, 0.4) is 0 Å². The van der Waals surface area contributed by atoms with Gasteiger partial charge in [-0.05, 0) is 49.4 Å². The van der Waals surface area contributed by atoms with E-state index in [0.29, 0.717) is 17.2 Å². The van der Waals surface area contributed by atoms with Gasteiger partial charge < -0.3 is 29.7 Å². The SMILES string of the molecule is CSc1cccc(NC(=O)[C@H]2[C@H]3C=C[C@@]4(O3)[C@H]2C(=O)N(C[C@H]2COc3ccccc3O2)[C@@H]4C(=O)NC2CCCCC2)c1. The van der Waals surface area contributed by atoms with Gasteiger partial charge in [0.1, 0.15) is 18.2 Å². The van der Waals surface area contributed by atoms with Crippen LogP contribution in [0.25, 0.3) is 0 Å². The Hall–Kier alpha value is -3.50. The van der Waals surface area contributed by atoms with Crippen LogP contribution in [0.2, 0.25) is 0 Å². The van der Waals surface area contributed by atoms with Crippen molar-refractivity contribution in [3.8, 4) is 11.5 Å². The minimum absolute atomic E-state index is 0.0604. The third kappa shape index (κ3) is 4.65. The van der Waals surface area contributed by atoms with E-state index in [4.69, 9.17) is 14.2 Å². The minimum atomic E-state index is -1.23. The first-order valence-electron chi connectivity index (χ1n) is 14.8. The highest BCUT2D eigenvalue weighted by atomic mass is 32.2. The van der Waals surface area contributed by atoms with Crippen molar-refractivity contribution < 1.29 is 28.6 Å². The van der Waals surface area contributed by atoms with Crippen molar-refractivity contribution in [2.24, 2.45) is 11.8 Å². The van der Waals surface area contributed by atoms with Crippen LogP contribution in [0.1, 0.15) is 32.1 Å². The predicted octanol–water partition coefficient (Wildman–Crippen LogP) is 3.79. The van der Waals surface area contributed by atoms with E-state index in [0.717, 1.165) is 37.0 Å². The lowest BCUT2D eigenvalue weighted by atomic mass is 9.74. The lowest BCUT2D eigenvalue weighted by Crippen LogP contribution is -2.58. The van der Waals surface area contributed by atoms with Gasteiger partial charge in [0.25, 0.3) is 0 Å². The number of anilines is 1. The summed E-state index contributed by atoms with van der Waals surface area (Å²) in [6.07, 6.45) is 9.72. The molecule has 0 aromatic heterocycles. The molecule has 2 saturated heterocycles. The van der Waals surface area contributed by atoms with E-state index in [1.54, 1.807) is 16.7 Å². The molecular formula is C32H35N3O6S. The number of carbonyl (C=O) groups excluding carboxylic acids is 3. The van der Waals surface area contributed by atoms with Gasteiger partial charge in [-0.25, -0.2) is 0 Å². The molecule has 4 aliphatic heterocycles. The second-order valence-electron chi connectivity index (χ2n) is 11.8. The fourth-order valence-electron chi connectivity index (χ4n) is 7.29. The number of likely N-dealkylation sites (tertiary alicyclic amines) is 1. The average molecular weight is 590 g/mol. The number of para-hydroxylation sites is 2. The molecule has 1 spiro atoms. The Morgan fingerprint density at radius 2 is 1.86 bits per heavy atom. The zero-order chi connectivity index (χ0) is 28.8. The van der Waals surface area contributed by atoms with Crippen LogP contribution in [0.15, 0.2) is 65.6 Å². The molecule has 2 N–H and O–H groups in total. The molecule has 7 rings (SSSR count). The van der Waals surface area contributed by atoms with Gasteiger partial charge in [0, 0.05) is 16.6 Å². The number of nitrogens with one attached hydrogen (secondary N) is 2. The molecule has 42 heavy (non-hydrogen) atoms. The topological polar surface area (TPSA) is 106 Å². The quantitative estimate of drug-likeness (QED) is 0.374. The molecule has 2 aromatic carbocycles. The fraction of sp³-hybridized carbons (Fsp3) is 0.469. The maximum absolute atomic E-state index is 14.3. The summed E-state index contributed by atoms with van der Waals surface area (Å²) in [5, 5.41) is 6.24. The molecule has 3 fully saturated rings. The van der Waals surface area contributed by atoms with Crippen LogP contribution in [0.4, 0.5) is 5.69 Å². The number of nitrogens with zero attached hydrogens (tertiary/aromatic N) is 1. The number of ether oxygens (including phenoxy) is 3. The molecule has 0 radical (unpaired) electrons. The maximum atomic E-state index is 14.3. The van der Waals surface area contributed by atoms with E-state index >= 15 is 0 Å². The van der Waals surface area contributed by atoms with Crippen molar-refractivity contribution in [3.05, 3.63) is 60.7 Å². The Morgan fingerprint density at radius 1 is 1.05 bits per heavy atom. The number of amides is 3. The third-order valence-corrected chi connectivity index (χ3v) is 9.91. The summed E-state index contributed by atoms with van der Waals surface area (Å²) in [5.41, 5.74) is -0.565. The fourth-order valence-corrected chi connectivity index (χ4v) is 7.75. The Balaban J connectivity index is 1.18. The van der Waals surface area contributed by atoms with Crippen LogP contribution in [-0.4, -0.2) is 71.9 Å². The second-order valence-corrected chi connectivity index (χ2v) is 12.6. The van der Waals surface area contributed by atoms with Crippen LogP contribution < -0.4 is 20.1 Å². The van der Waals surface area contributed by atoms with Gasteiger partial charge in [0.05, 0.1) is 24.5 Å². The molecule has 4 heterocycles. The molecule has 2 bridgehead atoms. The summed E-state index contributed by atoms with van der Waals surface area (Å²) in [6, 6.07) is 14.1. The summed E-state index contributed by atoms with van der Waals surface area (Å²) >= 11 is 1.58. The maximum Gasteiger partial charge on any atom is 0.246 e. The van der Waals surface area contributed by atoms with Crippen LogP contribution in [0, 0.1) is 11.8 Å². The van der Waals surface area contributed by atoms with Gasteiger partial charge in [-0.3, -0.25) is 14.4 Å². The number of fused-ring (bicyclic) bond motifs is 2. The molecule has 220 valence electrons. The molecule has 2 aromatic rings. The largest absolute Gasteiger partial charge is 0.486 e. The highest BCUT2D eigenvalue weighted by Crippen LogP contribution is 2.55. The predicted molar refractivity (Wildman–Crippen MR) is 157 cm³/mol. The van der Waals surface area contributed by atoms with E-state index in [1.165, 1.54) is 0 Å². The molecule has 9 nitrogen and oxygen atoms in total. The molecule has 1 saturated carbocycles. The van der Waals surface area contributed by atoms with E-state index in [2.05, 4.69) is 10.6 Å². The molecular weight excluding hydrogens is 554 g/mol. The van der Waals surface area contributed by atoms with Crippen molar-refractivity contribution >= 4 is 35.2 Å². The van der Waals surface area contributed by atoms with E-state index < -0.39 is 35.7 Å². The molecule has 10 heteroatoms. The van der Waals surface area contributed by atoms with Gasteiger partial charge in [-0.1, -0.05) is 49.6 Å². The highest BCUT2D eigenvalue weighted by Gasteiger charge is 2.73. The van der Waals surface area contributed by atoms with Crippen molar-refractivity contribution in [1.29, 1.82) is 0 Å². The summed E-state index contributed by atoms with van der Waals surface area (Å²) in [6.45, 7) is 0.380. The van der Waals surface area contributed by atoms with Crippen molar-refractivity contribution in [2.45, 2.75) is 66.9 Å². The first-order valence-corrected chi connectivity index (χ1v) is 16.0. The van der Waals surface area contributed by atoms with Crippen LogP contribution >= 0.6 is 11.8 Å². The molecule has 0 unspecified atom stereocenters. The first-order chi connectivity index (χ1) is 20.5.